The summed E-state index contributed by atoms with van der Waals surface area (Å²) in [5, 5.41) is 11.6. The molecule has 1 aromatic carbocycles. The van der Waals surface area contributed by atoms with E-state index in [2.05, 4.69) is 15.6 Å². The average Bonchev–Trinajstić information content (AvgIpc) is 2.61. The van der Waals surface area contributed by atoms with Crippen molar-refractivity contribution in [3.8, 4) is 0 Å². The van der Waals surface area contributed by atoms with Crippen LogP contribution in [0.4, 0.5) is 0 Å². The smallest absolute Gasteiger partial charge is 0.196 e. The first-order valence-electron chi connectivity index (χ1n) is 4.41. The molecule has 0 saturated carbocycles. The van der Waals surface area contributed by atoms with Gasteiger partial charge in [-0.25, -0.2) is 0 Å². The number of fused-ring (bicyclic) bond motifs is 1. The Balaban J connectivity index is 2.47. The standard InChI is InChI=1S/C9H10N4S/c1-2-10-9(14)13-8-6-4-3-5-7(8)11-12-13/h3-6H,2H2,1H3,(H,10,14). The predicted octanol–water partition coefficient (Wildman–Crippen LogP) is 1.17. The Bertz CT molecular complexity index is 463. The van der Waals surface area contributed by atoms with Gasteiger partial charge in [-0.15, -0.1) is 5.10 Å². The van der Waals surface area contributed by atoms with E-state index in [4.69, 9.17) is 12.2 Å². The van der Waals surface area contributed by atoms with Gasteiger partial charge in [0.25, 0.3) is 0 Å². The van der Waals surface area contributed by atoms with Crippen molar-refractivity contribution in [1.29, 1.82) is 0 Å². The molecule has 0 aliphatic heterocycles. The Morgan fingerprint density at radius 2 is 2.29 bits per heavy atom. The monoisotopic (exact) mass is 206 g/mol. The van der Waals surface area contributed by atoms with Crippen LogP contribution < -0.4 is 5.32 Å². The van der Waals surface area contributed by atoms with E-state index in [-0.39, 0.29) is 0 Å². The fraction of sp³-hybridized carbons (Fsp3) is 0.222. The van der Waals surface area contributed by atoms with E-state index >= 15 is 0 Å². The van der Waals surface area contributed by atoms with Crippen molar-refractivity contribution in [3.05, 3.63) is 24.3 Å². The molecule has 5 heteroatoms. The molecule has 0 atom stereocenters. The molecule has 0 amide bonds. The number of nitrogens with zero attached hydrogens (tertiary/aromatic N) is 3. The van der Waals surface area contributed by atoms with E-state index in [9.17, 15) is 0 Å². The van der Waals surface area contributed by atoms with Crippen molar-refractivity contribution in [2.75, 3.05) is 6.54 Å². The summed E-state index contributed by atoms with van der Waals surface area (Å²) in [7, 11) is 0. The molecule has 1 heterocycles. The van der Waals surface area contributed by atoms with Crippen LogP contribution in [0.15, 0.2) is 24.3 Å². The van der Waals surface area contributed by atoms with Gasteiger partial charge < -0.3 is 5.32 Å². The largest absolute Gasteiger partial charge is 0.361 e. The molecule has 72 valence electrons. The topological polar surface area (TPSA) is 42.7 Å². The highest BCUT2D eigenvalue weighted by Gasteiger charge is 2.05. The van der Waals surface area contributed by atoms with Crippen LogP contribution >= 0.6 is 12.2 Å². The van der Waals surface area contributed by atoms with Crippen LogP contribution in [0.3, 0.4) is 0 Å². The lowest BCUT2D eigenvalue weighted by molar-refractivity contribution is 0.823. The Labute approximate surface area is 86.9 Å². The van der Waals surface area contributed by atoms with Crippen LogP contribution in [-0.2, 0) is 0 Å². The Morgan fingerprint density at radius 1 is 1.50 bits per heavy atom. The van der Waals surface area contributed by atoms with E-state index in [1.807, 2.05) is 31.2 Å². The first kappa shape index (κ1) is 9.08. The van der Waals surface area contributed by atoms with Gasteiger partial charge in [0.1, 0.15) is 5.52 Å². The van der Waals surface area contributed by atoms with Crippen LogP contribution in [0.2, 0.25) is 0 Å². The van der Waals surface area contributed by atoms with Gasteiger partial charge >= 0.3 is 0 Å². The van der Waals surface area contributed by atoms with Crippen LogP contribution in [0, 0.1) is 0 Å². The fourth-order valence-electron chi connectivity index (χ4n) is 1.25. The molecule has 0 bridgehead atoms. The molecule has 1 aromatic heterocycles. The number of aromatic nitrogens is 3. The van der Waals surface area contributed by atoms with Crippen molar-refractivity contribution in [3.63, 3.8) is 0 Å². The van der Waals surface area contributed by atoms with E-state index < -0.39 is 0 Å². The van der Waals surface area contributed by atoms with Gasteiger partial charge in [0.05, 0.1) is 5.52 Å². The summed E-state index contributed by atoms with van der Waals surface area (Å²) in [6.45, 7) is 2.78. The first-order chi connectivity index (χ1) is 6.83. The van der Waals surface area contributed by atoms with Gasteiger partial charge in [0.15, 0.2) is 5.11 Å². The first-order valence-corrected chi connectivity index (χ1v) is 4.82. The second-order valence-corrected chi connectivity index (χ2v) is 3.21. The molecule has 0 aliphatic carbocycles. The van der Waals surface area contributed by atoms with Crippen LogP contribution in [0.1, 0.15) is 6.92 Å². The van der Waals surface area contributed by atoms with Gasteiger partial charge in [-0.05, 0) is 31.3 Å². The summed E-state index contributed by atoms with van der Waals surface area (Å²) in [6.07, 6.45) is 0. The van der Waals surface area contributed by atoms with E-state index in [1.165, 1.54) is 0 Å². The third kappa shape index (κ3) is 1.46. The van der Waals surface area contributed by atoms with Crippen molar-refractivity contribution < 1.29 is 0 Å². The maximum atomic E-state index is 5.15. The number of thiocarbonyl (C=S) groups is 1. The maximum absolute atomic E-state index is 5.15. The van der Waals surface area contributed by atoms with Crippen molar-refractivity contribution in [2.45, 2.75) is 6.92 Å². The predicted molar refractivity (Wildman–Crippen MR) is 59.2 cm³/mol. The zero-order chi connectivity index (χ0) is 9.97. The van der Waals surface area contributed by atoms with Crippen molar-refractivity contribution in [2.24, 2.45) is 0 Å². The minimum atomic E-state index is 0.584. The Kier molecular flexibility index (Phi) is 2.41. The normalized spacial score (nSPS) is 10.4. The number of hydrogen-bond acceptors (Lipinski definition) is 3. The van der Waals surface area contributed by atoms with Gasteiger partial charge in [-0.2, -0.15) is 4.68 Å². The molecule has 2 rings (SSSR count). The lowest BCUT2D eigenvalue weighted by Crippen LogP contribution is -2.28. The minimum Gasteiger partial charge on any atom is -0.361 e. The lowest BCUT2D eigenvalue weighted by Gasteiger charge is -2.04. The molecule has 1 N–H and O–H groups in total. The van der Waals surface area contributed by atoms with Gasteiger partial charge in [0, 0.05) is 6.54 Å². The molecule has 0 spiro atoms. The molecule has 0 aliphatic rings. The fourth-order valence-corrected chi connectivity index (χ4v) is 1.52. The molecule has 2 aromatic rings. The second-order valence-electron chi connectivity index (χ2n) is 2.83. The third-order valence-corrected chi connectivity index (χ3v) is 2.19. The molecule has 0 radical (unpaired) electrons. The summed E-state index contributed by atoms with van der Waals surface area (Å²) in [5.74, 6) is 0. The summed E-state index contributed by atoms with van der Waals surface area (Å²) in [6, 6.07) is 7.72. The summed E-state index contributed by atoms with van der Waals surface area (Å²) in [4.78, 5) is 0. The number of nitrogens with one attached hydrogen (secondary N) is 1. The highest BCUT2D eigenvalue weighted by atomic mass is 32.1. The summed E-state index contributed by atoms with van der Waals surface area (Å²) < 4.78 is 1.63. The number of rotatable bonds is 1. The summed E-state index contributed by atoms with van der Waals surface area (Å²) in [5.41, 5.74) is 1.78. The Hall–Kier alpha value is -1.49. The SMILES string of the molecule is CCNC(=S)n1nnc2ccccc21. The number of hydrogen-bond donors (Lipinski definition) is 1. The molecular formula is C9H10N4S. The van der Waals surface area contributed by atoms with Crippen LogP contribution in [0.5, 0.6) is 0 Å². The number of para-hydroxylation sites is 1. The second kappa shape index (κ2) is 3.71. The van der Waals surface area contributed by atoms with Crippen molar-refractivity contribution >= 4 is 28.4 Å². The minimum absolute atomic E-state index is 0.584. The summed E-state index contributed by atoms with van der Waals surface area (Å²) >= 11 is 5.15. The van der Waals surface area contributed by atoms with E-state index in [0.29, 0.717) is 5.11 Å². The maximum Gasteiger partial charge on any atom is 0.196 e. The molecule has 14 heavy (non-hydrogen) atoms. The lowest BCUT2D eigenvalue weighted by atomic mass is 10.3. The van der Waals surface area contributed by atoms with Gasteiger partial charge in [0.2, 0.25) is 0 Å². The van der Waals surface area contributed by atoms with Gasteiger partial charge in [-0.3, -0.25) is 0 Å². The van der Waals surface area contributed by atoms with E-state index in [0.717, 1.165) is 17.6 Å². The molecule has 0 saturated heterocycles. The molecule has 0 fully saturated rings. The molecule has 4 nitrogen and oxygen atoms in total. The highest BCUT2D eigenvalue weighted by Crippen LogP contribution is 2.08. The zero-order valence-corrected chi connectivity index (χ0v) is 8.58. The third-order valence-electron chi connectivity index (χ3n) is 1.87. The van der Waals surface area contributed by atoms with Crippen molar-refractivity contribution in [1.82, 2.24) is 20.3 Å². The van der Waals surface area contributed by atoms with E-state index in [1.54, 1.807) is 4.68 Å². The average molecular weight is 206 g/mol. The molecule has 0 unspecified atom stereocenters. The quantitative estimate of drug-likeness (QED) is 0.711. The molecular weight excluding hydrogens is 196 g/mol. The Morgan fingerprint density at radius 3 is 3.07 bits per heavy atom. The highest BCUT2D eigenvalue weighted by molar-refractivity contribution is 7.80. The van der Waals surface area contributed by atoms with Crippen LogP contribution in [0.25, 0.3) is 11.0 Å². The van der Waals surface area contributed by atoms with Gasteiger partial charge in [-0.1, -0.05) is 17.3 Å². The van der Waals surface area contributed by atoms with Crippen LogP contribution in [-0.4, -0.2) is 26.7 Å². The number of benzene rings is 1. The zero-order valence-electron chi connectivity index (χ0n) is 7.77.